The van der Waals surface area contributed by atoms with Crippen LogP contribution < -0.4 is 23.8 Å². The molecule has 2 amide bonds. The van der Waals surface area contributed by atoms with Gasteiger partial charge < -0.3 is 29.1 Å². The Morgan fingerprint density at radius 2 is 1.70 bits per heavy atom. The van der Waals surface area contributed by atoms with Crippen molar-refractivity contribution in [3.05, 3.63) is 71.8 Å². The van der Waals surface area contributed by atoms with Gasteiger partial charge >= 0.3 is 6.09 Å². The molecule has 2 N–H and O–H groups in total. The lowest BCUT2D eigenvalue weighted by atomic mass is 9.65. The Balaban J connectivity index is 1.41. The highest BCUT2D eigenvalue weighted by Gasteiger charge is 2.55. The number of hydrogen-bond donors (Lipinski definition) is 2. The van der Waals surface area contributed by atoms with Gasteiger partial charge in [-0.25, -0.2) is 13.2 Å². The van der Waals surface area contributed by atoms with E-state index in [0.29, 0.717) is 62.5 Å². The first-order valence-electron chi connectivity index (χ1n) is 14.6. The molecule has 0 atom stereocenters. The fourth-order valence-corrected chi connectivity index (χ4v) is 7.56. The van der Waals surface area contributed by atoms with E-state index in [1.54, 1.807) is 42.3 Å². The van der Waals surface area contributed by atoms with Crippen LogP contribution in [0.1, 0.15) is 43.2 Å². The summed E-state index contributed by atoms with van der Waals surface area (Å²) in [5, 5.41) is 9.40. The van der Waals surface area contributed by atoms with Crippen molar-refractivity contribution in [3.8, 4) is 17.2 Å². The molecular formula is C32H35N3O8S. The fraction of sp³-hybridized carbons (Fsp3) is 0.375. The number of fused-ring (bicyclic) bond motifs is 2. The summed E-state index contributed by atoms with van der Waals surface area (Å²) in [6, 6.07) is 17.3. The molecule has 0 radical (unpaired) electrons. The van der Waals surface area contributed by atoms with Crippen LogP contribution in [0.25, 0.3) is 0 Å². The number of likely N-dealkylation sites (tertiary alicyclic amines) is 1. The number of nitrogens with zero attached hydrogens (tertiary/aromatic N) is 2. The minimum Gasteiger partial charge on any atom is -0.497 e. The highest BCUT2D eigenvalue weighted by Crippen LogP contribution is 2.57. The number of piperidine rings is 1. The first-order valence-corrected chi connectivity index (χ1v) is 16.1. The second-order valence-corrected chi connectivity index (χ2v) is 13.0. The minimum atomic E-state index is -4.06. The molecule has 6 rings (SSSR count). The number of anilines is 2. The molecule has 0 unspecified atom stereocenters. The first kappa shape index (κ1) is 29.6. The molecule has 2 heterocycles. The summed E-state index contributed by atoms with van der Waals surface area (Å²) in [7, 11) is -1.05. The van der Waals surface area contributed by atoms with Crippen molar-refractivity contribution in [1.29, 1.82) is 0 Å². The molecular weight excluding hydrogens is 586 g/mol. The minimum absolute atomic E-state index is 0.0120. The quantitative estimate of drug-likeness (QED) is 0.341. The standard InChI is InChI=1S/C32H35N3O8S/c1-41-23-10-8-21(9-11-23)20-35-29-25(32(30(35)36)14-5-15-32)18-22(33-44(39,40)28-7-4-3-6-26(28)42-2)19-27(29)43-24-12-16-34(17-13-24)31(37)38/h3-4,6-11,18-19,24,33H,5,12-17,20H2,1-2H3,(H,37,38). The average Bonchev–Trinajstić information content (AvgIpc) is 3.25. The molecule has 1 aliphatic carbocycles. The summed E-state index contributed by atoms with van der Waals surface area (Å²) < 4.78 is 47.0. The van der Waals surface area contributed by atoms with Crippen molar-refractivity contribution < 1.29 is 37.3 Å². The van der Waals surface area contributed by atoms with E-state index >= 15 is 0 Å². The molecule has 1 saturated carbocycles. The molecule has 3 aliphatic rings. The zero-order chi connectivity index (χ0) is 31.1. The van der Waals surface area contributed by atoms with Gasteiger partial charge in [0, 0.05) is 32.0 Å². The molecule has 1 saturated heterocycles. The number of ether oxygens (including phenoxy) is 3. The second kappa shape index (κ2) is 11.6. The lowest BCUT2D eigenvalue weighted by molar-refractivity contribution is -0.126. The van der Waals surface area contributed by atoms with Crippen molar-refractivity contribution in [1.82, 2.24) is 4.90 Å². The molecule has 1 spiro atoms. The maximum atomic E-state index is 14.2. The number of carbonyl (C=O) groups is 2. The van der Waals surface area contributed by atoms with Gasteiger partial charge in [0.2, 0.25) is 5.91 Å². The molecule has 2 fully saturated rings. The largest absolute Gasteiger partial charge is 0.497 e. The van der Waals surface area contributed by atoms with Gasteiger partial charge in [-0.15, -0.1) is 0 Å². The van der Waals surface area contributed by atoms with E-state index in [0.717, 1.165) is 17.5 Å². The van der Waals surface area contributed by atoms with Gasteiger partial charge in [-0.3, -0.25) is 9.52 Å². The number of para-hydroxylation sites is 1. The molecule has 44 heavy (non-hydrogen) atoms. The van der Waals surface area contributed by atoms with Crippen LogP contribution in [0, 0.1) is 0 Å². The normalized spacial score (nSPS) is 17.6. The number of benzene rings is 3. The monoisotopic (exact) mass is 621 g/mol. The molecule has 0 aromatic heterocycles. The molecule has 12 heteroatoms. The van der Waals surface area contributed by atoms with Gasteiger partial charge in [0.1, 0.15) is 28.2 Å². The zero-order valence-electron chi connectivity index (χ0n) is 24.6. The number of sulfonamides is 1. The molecule has 3 aromatic rings. The Morgan fingerprint density at radius 3 is 2.32 bits per heavy atom. The summed E-state index contributed by atoms with van der Waals surface area (Å²) in [6.07, 6.45) is 1.83. The van der Waals surface area contributed by atoms with Crippen molar-refractivity contribution >= 4 is 33.4 Å². The molecule has 232 valence electrons. The Kier molecular flexibility index (Phi) is 7.79. The van der Waals surface area contributed by atoms with Gasteiger partial charge in [-0.2, -0.15) is 0 Å². The lowest BCUT2D eigenvalue weighted by Gasteiger charge is -2.37. The topological polar surface area (TPSA) is 135 Å². The third kappa shape index (κ3) is 5.27. The van der Waals surface area contributed by atoms with E-state index in [4.69, 9.17) is 14.2 Å². The van der Waals surface area contributed by atoms with Crippen molar-refractivity contribution in [2.75, 3.05) is 36.9 Å². The Morgan fingerprint density at radius 1 is 1.00 bits per heavy atom. The Bertz CT molecular complexity index is 1680. The van der Waals surface area contributed by atoms with E-state index in [-0.39, 0.29) is 28.3 Å². The summed E-state index contributed by atoms with van der Waals surface area (Å²) in [5.41, 5.74) is 1.78. The van der Waals surface area contributed by atoms with Gasteiger partial charge in [0.15, 0.2) is 0 Å². The SMILES string of the molecule is COc1ccc(CN2C(=O)C3(CCC3)c3cc(NS(=O)(=O)c4ccccc4OC)cc(OC4CCN(C(=O)O)CC4)c32)cc1. The van der Waals surface area contributed by atoms with E-state index in [2.05, 4.69) is 4.72 Å². The number of rotatable bonds is 9. The third-order valence-corrected chi connectivity index (χ3v) is 10.3. The fourth-order valence-electron chi connectivity index (χ4n) is 6.35. The van der Waals surface area contributed by atoms with E-state index in [1.807, 2.05) is 24.3 Å². The number of methoxy groups -OCH3 is 2. The Hall–Kier alpha value is -4.45. The van der Waals surface area contributed by atoms with Crippen LogP contribution in [0.2, 0.25) is 0 Å². The molecule has 11 nitrogen and oxygen atoms in total. The van der Waals surface area contributed by atoms with Crippen molar-refractivity contribution in [2.45, 2.75) is 55.1 Å². The highest BCUT2D eigenvalue weighted by atomic mass is 32.2. The van der Waals surface area contributed by atoms with Gasteiger partial charge in [0.05, 0.1) is 37.6 Å². The van der Waals surface area contributed by atoms with Crippen LogP contribution in [-0.4, -0.2) is 63.8 Å². The predicted octanol–water partition coefficient (Wildman–Crippen LogP) is 4.99. The summed E-state index contributed by atoms with van der Waals surface area (Å²) in [5.74, 6) is 1.27. The highest BCUT2D eigenvalue weighted by molar-refractivity contribution is 7.92. The van der Waals surface area contributed by atoms with Gasteiger partial charge in [0.25, 0.3) is 10.0 Å². The van der Waals surface area contributed by atoms with Crippen LogP contribution in [-0.2, 0) is 26.8 Å². The number of hydrogen-bond acceptors (Lipinski definition) is 7. The molecule has 0 bridgehead atoms. The van der Waals surface area contributed by atoms with Crippen LogP contribution >= 0.6 is 0 Å². The second-order valence-electron chi connectivity index (χ2n) is 11.4. The smallest absolute Gasteiger partial charge is 0.407 e. The third-order valence-electron chi connectivity index (χ3n) is 8.84. The van der Waals surface area contributed by atoms with Crippen LogP contribution in [0.4, 0.5) is 16.2 Å². The van der Waals surface area contributed by atoms with Gasteiger partial charge in [-0.1, -0.05) is 30.7 Å². The van der Waals surface area contributed by atoms with E-state index < -0.39 is 21.5 Å². The van der Waals surface area contributed by atoms with Crippen LogP contribution in [0.5, 0.6) is 17.2 Å². The number of nitrogens with one attached hydrogen (secondary N) is 1. The lowest BCUT2D eigenvalue weighted by Crippen LogP contribution is -2.44. The van der Waals surface area contributed by atoms with Gasteiger partial charge in [-0.05, 0) is 54.3 Å². The van der Waals surface area contributed by atoms with Crippen LogP contribution in [0.15, 0.2) is 65.6 Å². The first-order chi connectivity index (χ1) is 21.1. The number of carbonyl (C=O) groups excluding carboxylic acids is 1. The van der Waals surface area contributed by atoms with Crippen molar-refractivity contribution in [2.24, 2.45) is 0 Å². The molecule has 3 aromatic carbocycles. The summed E-state index contributed by atoms with van der Waals surface area (Å²) in [6.45, 7) is 0.944. The van der Waals surface area contributed by atoms with Crippen molar-refractivity contribution in [3.63, 3.8) is 0 Å². The van der Waals surface area contributed by atoms with Crippen LogP contribution in [0.3, 0.4) is 0 Å². The summed E-state index contributed by atoms with van der Waals surface area (Å²) >= 11 is 0. The summed E-state index contributed by atoms with van der Waals surface area (Å²) in [4.78, 5) is 28.7. The van der Waals surface area contributed by atoms with E-state index in [9.17, 15) is 23.1 Å². The Labute approximate surface area is 256 Å². The average molecular weight is 622 g/mol. The number of amides is 2. The zero-order valence-corrected chi connectivity index (χ0v) is 25.4. The van der Waals surface area contributed by atoms with E-state index in [1.165, 1.54) is 18.1 Å². The predicted molar refractivity (Wildman–Crippen MR) is 163 cm³/mol. The molecule has 2 aliphatic heterocycles. The maximum Gasteiger partial charge on any atom is 0.407 e. The maximum absolute atomic E-state index is 14.2. The number of carboxylic acid groups (broad SMARTS) is 1.